The van der Waals surface area contributed by atoms with E-state index in [9.17, 15) is 18.3 Å². The van der Waals surface area contributed by atoms with Crippen molar-refractivity contribution in [2.75, 3.05) is 25.1 Å². The fourth-order valence-electron chi connectivity index (χ4n) is 3.11. The summed E-state index contributed by atoms with van der Waals surface area (Å²) in [7, 11) is -2.20. The first kappa shape index (κ1) is 24.5. The molecule has 0 aliphatic heterocycles. The molecule has 1 atom stereocenters. The van der Waals surface area contributed by atoms with E-state index < -0.39 is 16.1 Å². The average Bonchev–Trinajstić information content (AvgIpc) is 3.30. The second kappa shape index (κ2) is 10.7. The number of aryl methyl sites for hydroxylation is 1. The third-order valence-electron chi connectivity index (χ3n) is 5.12. The van der Waals surface area contributed by atoms with Gasteiger partial charge < -0.3 is 19.2 Å². The predicted octanol–water partition coefficient (Wildman–Crippen LogP) is 3.20. The molecule has 0 spiro atoms. The van der Waals surface area contributed by atoms with Crippen molar-refractivity contribution in [1.29, 1.82) is 0 Å². The molecule has 0 aliphatic rings. The summed E-state index contributed by atoms with van der Waals surface area (Å²) in [4.78, 5) is 13.1. The molecule has 33 heavy (non-hydrogen) atoms. The van der Waals surface area contributed by atoms with Gasteiger partial charge in [0.1, 0.15) is 24.2 Å². The van der Waals surface area contributed by atoms with E-state index in [2.05, 4.69) is 0 Å². The molecule has 1 heterocycles. The maximum atomic E-state index is 13.2. The van der Waals surface area contributed by atoms with Crippen LogP contribution in [0.3, 0.4) is 0 Å². The lowest BCUT2D eigenvalue weighted by molar-refractivity contribution is -0.116. The highest BCUT2D eigenvalue weighted by atomic mass is 32.2. The molecule has 0 saturated carbocycles. The molecule has 0 bridgehead atoms. The topological polar surface area (TPSA) is 100 Å². The Labute approximate surface area is 194 Å². The van der Waals surface area contributed by atoms with Crippen molar-refractivity contribution in [1.82, 2.24) is 4.31 Å². The number of aliphatic hydroxyl groups excluding tert-OH is 1. The largest absolute Gasteiger partial charge is 0.491 e. The lowest BCUT2D eigenvalue weighted by Gasteiger charge is -2.24. The Balaban J connectivity index is 1.69. The zero-order valence-corrected chi connectivity index (χ0v) is 19.7. The van der Waals surface area contributed by atoms with Gasteiger partial charge in [0.05, 0.1) is 17.7 Å². The molecule has 8 nitrogen and oxygen atoms in total. The summed E-state index contributed by atoms with van der Waals surface area (Å²) in [5.41, 5.74) is 1.66. The molecule has 0 radical (unpaired) electrons. The van der Waals surface area contributed by atoms with Gasteiger partial charge in [0.2, 0.25) is 15.9 Å². The Hall–Kier alpha value is -3.14. The normalized spacial score (nSPS) is 12.5. The zero-order valence-electron chi connectivity index (χ0n) is 18.8. The summed E-state index contributed by atoms with van der Waals surface area (Å²) in [6.45, 7) is 3.04. The molecular formula is C24H28N2O6S. The van der Waals surface area contributed by atoms with E-state index in [4.69, 9.17) is 9.15 Å². The molecule has 0 fully saturated rings. The van der Waals surface area contributed by atoms with Gasteiger partial charge in [0, 0.05) is 26.2 Å². The predicted molar refractivity (Wildman–Crippen MR) is 125 cm³/mol. The summed E-state index contributed by atoms with van der Waals surface area (Å²) in [6.07, 6.45) is 0.387. The van der Waals surface area contributed by atoms with Crippen LogP contribution in [0.15, 0.2) is 76.2 Å². The number of rotatable bonds is 10. The van der Waals surface area contributed by atoms with Crippen LogP contribution < -0.4 is 9.64 Å². The lowest BCUT2D eigenvalue weighted by atomic mass is 10.2. The van der Waals surface area contributed by atoms with E-state index in [0.717, 1.165) is 5.56 Å². The quantitative estimate of drug-likeness (QED) is 0.486. The molecule has 9 heteroatoms. The number of carbonyl (C=O) groups excluding carboxylic acids is 1. The number of nitrogens with zero attached hydrogens (tertiary/aromatic N) is 2. The van der Waals surface area contributed by atoms with Crippen LogP contribution in [0.5, 0.6) is 5.75 Å². The second-order valence-electron chi connectivity index (χ2n) is 7.73. The highest BCUT2D eigenvalue weighted by molar-refractivity contribution is 7.89. The second-order valence-corrected chi connectivity index (χ2v) is 9.66. The minimum Gasteiger partial charge on any atom is -0.491 e. The van der Waals surface area contributed by atoms with Crippen LogP contribution in [-0.2, 0) is 21.4 Å². The number of furan rings is 1. The third kappa shape index (κ3) is 6.44. The van der Waals surface area contributed by atoms with Crippen molar-refractivity contribution in [3.63, 3.8) is 0 Å². The van der Waals surface area contributed by atoms with Crippen LogP contribution in [0.1, 0.15) is 18.2 Å². The average molecular weight is 473 g/mol. The van der Waals surface area contributed by atoms with Gasteiger partial charge in [0.25, 0.3) is 0 Å². The van der Waals surface area contributed by atoms with Crippen molar-refractivity contribution in [2.24, 2.45) is 0 Å². The Morgan fingerprint density at radius 2 is 1.76 bits per heavy atom. The van der Waals surface area contributed by atoms with Gasteiger partial charge in [-0.3, -0.25) is 4.79 Å². The molecule has 1 unspecified atom stereocenters. The van der Waals surface area contributed by atoms with Crippen LogP contribution in [0.4, 0.5) is 5.69 Å². The summed E-state index contributed by atoms with van der Waals surface area (Å²) in [5.74, 6) is 0.864. The van der Waals surface area contributed by atoms with E-state index in [1.807, 2.05) is 6.92 Å². The zero-order chi connectivity index (χ0) is 24.0. The molecule has 176 valence electrons. The maximum Gasteiger partial charge on any atom is 0.243 e. The first-order valence-corrected chi connectivity index (χ1v) is 11.9. The molecular weight excluding hydrogens is 444 g/mol. The first-order chi connectivity index (χ1) is 15.7. The number of amides is 1. The molecule has 1 aromatic heterocycles. The van der Waals surface area contributed by atoms with Crippen molar-refractivity contribution >= 4 is 21.6 Å². The lowest BCUT2D eigenvalue weighted by Crippen LogP contribution is -2.39. The summed E-state index contributed by atoms with van der Waals surface area (Å²) >= 11 is 0. The van der Waals surface area contributed by atoms with Crippen molar-refractivity contribution < 1.29 is 27.5 Å². The number of ether oxygens (including phenoxy) is 1. The number of hydrogen-bond donors (Lipinski definition) is 1. The Bertz CT molecular complexity index is 1140. The number of hydrogen-bond acceptors (Lipinski definition) is 6. The van der Waals surface area contributed by atoms with E-state index in [1.54, 1.807) is 67.7 Å². The van der Waals surface area contributed by atoms with E-state index in [-0.39, 0.29) is 30.5 Å². The van der Waals surface area contributed by atoms with Gasteiger partial charge in [0.15, 0.2) is 0 Å². The fraction of sp³-hybridized carbons (Fsp3) is 0.292. The molecule has 3 rings (SSSR count). The molecule has 1 amide bonds. The van der Waals surface area contributed by atoms with Gasteiger partial charge in [-0.2, -0.15) is 4.31 Å². The van der Waals surface area contributed by atoms with E-state index in [0.29, 0.717) is 17.2 Å². The highest BCUT2D eigenvalue weighted by Crippen LogP contribution is 2.21. The fourth-order valence-corrected chi connectivity index (χ4v) is 4.55. The molecule has 2 aromatic carbocycles. The van der Waals surface area contributed by atoms with Crippen LogP contribution in [0, 0.1) is 6.92 Å². The SMILES string of the molecule is CC(=O)N(C)c1ccc(OCC(O)CN(Cc2ccco2)S(=O)(=O)c2ccc(C)cc2)cc1. The summed E-state index contributed by atoms with van der Waals surface area (Å²) < 4.78 is 38.6. The van der Waals surface area contributed by atoms with E-state index in [1.165, 1.54) is 22.4 Å². The van der Waals surface area contributed by atoms with Crippen LogP contribution >= 0.6 is 0 Å². The van der Waals surface area contributed by atoms with E-state index >= 15 is 0 Å². The van der Waals surface area contributed by atoms with Gasteiger partial charge in [-0.05, 0) is 55.5 Å². The van der Waals surface area contributed by atoms with Crippen LogP contribution in [-0.4, -0.2) is 50.0 Å². The smallest absolute Gasteiger partial charge is 0.243 e. The molecule has 3 aromatic rings. The number of anilines is 1. The number of benzene rings is 2. The van der Waals surface area contributed by atoms with Crippen molar-refractivity contribution in [3.8, 4) is 5.75 Å². The van der Waals surface area contributed by atoms with Crippen LogP contribution in [0.25, 0.3) is 0 Å². The molecule has 0 saturated heterocycles. The molecule has 0 aliphatic carbocycles. The molecule has 1 N–H and O–H groups in total. The minimum absolute atomic E-state index is 0.0215. The van der Waals surface area contributed by atoms with Gasteiger partial charge in [-0.25, -0.2) is 8.42 Å². The third-order valence-corrected chi connectivity index (χ3v) is 6.95. The Morgan fingerprint density at radius 1 is 1.09 bits per heavy atom. The summed E-state index contributed by atoms with van der Waals surface area (Å²) in [5, 5.41) is 10.6. The maximum absolute atomic E-state index is 13.2. The first-order valence-electron chi connectivity index (χ1n) is 10.4. The van der Waals surface area contributed by atoms with Crippen molar-refractivity contribution in [2.45, 2.75) is 31.4 Å². The standard InChI is InChI=1S/C24H28N2O6S/c1-18-6-12-24(13-7-18)33(29,30)26(16-23-5-4-14-31-23)15-21(28)17-32-22-10-8-20(9-11-22)25(3)19(2)27/h4-14,21,28H,15-17H2,1-3H3. The van der Waals surface area contributed by atoms with Crippen molar-refractivity contribution in [3.05, 3.63) is 78.3 Å². The Kier molecular flexibility index (Phi) is 7.91. The minimum atomic E-state index is -3.87. The summed E-state index contributed by atoms with van der Waals surface area (Å²) in [6, 6.07) is 16.7. The van der Waals surface area contributed by atoms with Gasteiger partial charge in [-0.1, -0.05) is 17.7 Å². The number of carbonyl (C=O) groups is 1. The Morgan fingerprint density at radius 3 is 2.33 bits per heavy atom. The van der Waals surface area contributed by atoms with Gasteiger partial charge >= 0.3 is 0 Å². The number of aliphatic hydroxyl groups is 1. The monoisotopic (exact) mass is 472 g/mol. The number of sulfonamides is 1. The van der Waals surface area contributed by atoms with Gasteiger partial charge in [-0.15, -0.1) is 0 Å². The highest BCUT2D eigenvalue weighted by Gasteiger charge is 2.28. The van der Waals surface area contributed by atoms with Crippen LogP contribution in [0.2, 0.25) is 0 Å².